The van der Waals surface area contributed by atoms with Crippen molar-refractivity contribution in [2.45, 2.75) is 13.8 Å². The first-order chi connectivity index (χ1) is 14.3. The van der Waals surface area contributed by atoms with Crippen LogP contribution >= 0.6 is 22.9 Å². The molecule has 30 heavy (non-hydrogen) atoms. The van der Waals surface area contributed by atoms with Crippen LogP contribution in [-0.4, -0.2) is 41.8 Å². The zero-order valence-electron chi connectivity index (χ0n) is 17.0. The molecule has 0 spiro atoms. The van der Waals surface area contributed by atoms with E-state index in [2.05, 4.69) is 33.8 Å². The van der Waals surface area contributed by atoms with Gasteiger partial charge in [-0.2, -0.15) is 0 Å². The number of carbonyl (C=O) groups excluding carboxylic acids is 2. The number of hydrogen-bond acceptors (Lipinski definition) is 5. The van der Waals surface area contributed by atoms with Crippen LogP contribution in [0, 0.1) is 13.8 Å². The van der Waals surface area contributed by atoms with E-state index in [0.717, 1.165) is 22.4 Å². The third-order valence-electron chi connectivity index (χ3n) is 4.39. The Kier molecular flexibility index (Phi) is 7.20. The molecular formula is C22H23ClN4O2S. The van der Waals surface area contributed by atoms with Crippen LogP contribution in [0.2, 0.25) is 5.02 Å². The van der Waals surface area contributed by atoms with Crippen molar-refractivity contribution in [3.05, 3.63) is 64.0 Å². The summed E-state index contributed by atoms with van der Waals surface area (Å²) in [6, 6.07) is 13.2. The number of rotatable bonds is 7. The van der Waals surface area contributed by atoms with Crippen molar-refractivity contribution in [1.82, 2.24) is 9.88 Å². The molecule has 0 atom stereocenters. The number of hydrogen-bond donors (Lipinski definition) is 2. The molecule has 8 heteroatoms. The van der Waals surface area contributed by atoms with Crippen LogP contribution in [0.25, 0.3) is 11.3 Å². The van der Waals surface area contributed by atoms with E-state index in [1.807, 2.05) is 19.2 Å². The molecule has 0 aliphatic heterocycles. The normalized spacial score (nSPS) is 10.8. The van der Waals surface area contributed by atoms with Crippen LogP contribution in [0.5, 0.6) is 0 Å². The van der Waals surface area contributed by atoms with E-state index in [0.29, 0.717) is 15.8 Å². The second kappa shape index (κ2) is 9.84. The van der Waals surface area contributed by atoms with E-state index in [1.165, 1.54) is 11.3 Å². The van der Waals surface area contributed by atoms with Crippen molar-refractivity contribution in [2.24, 2.45) is 0 Å². The third-order valence-corrected chi connectivity index (χ3v) is 5.48. The highest BCUT2D eigenvalue weighted by Crippen LogP contribution is 2.28. The Bertz CT molecular complexity index is 1070. The van der Waals surface area contributed by atoms with Gasteiger partial charge >= 0.3 is 0 Å². The molecule has 2 N–H and O–H groups in total. The number of halogens is 1. The molecule has 0 saturated heterocycles. The minimum Gasteiger partial charge on any atom is -0.324 e. The fourth-order valence-electron chi connectivity index (χ4n) is 2.92. The summed E-state index contributed by atoms with van der Waals surface area (Å²) in [5.41, 5.74) is 4.73. The zero-order chi connectivity index (χ0) is 21.7. The van der Waals surface area contributed by atoms with Crippen LogP contribution in [0.1, 0.15) is 11.1 Å². The fraction of sp³-hybridized carbons (Fsp3) is 0.227. The van der Waals surface area contributed by atoms with Gasteiger partial charge in [-0.05, 0) is 44.7 Å². The van der Waals surface area contributed by atoms with Crippen LogP contribution in [0.3, 0.4) is 0 Å². The fourth-order valence-corrected chi connectivity index (χ4v) is 3.83. The number of carbonyl (C=O) groups is 2. The smallest absolute Gasteiger partial charge is 0.240 e. The molecule has 2 amide bonds. The van der Waals surface area contributed by atoms with Crippen molar-refractivity contribution in [3.63, 3.8) is 0 Å². The monoisotopic (exact) mass is 442 g/mol. The minimum atomic E-state index is -0.246. The predicted molar refractivity (Wildman–Crippen MR) is 123 cm³/mol. The molecule has 0 unspecified atom stereocenters. The lowest BCUT2D eigenvalue weighted by atomic mass is 10.0. The molecular weight excluding hydrogens is 420 g/mol. The number of likely N-dealkylation sites (N-methyl/N-ethyl adjacent to an activating group) is 1. The summed E-state index contributed by atoms with van der Waals surface area (Å²) in [4.78, 5) is 30.7. The number of benzene rings is 2. The predicted octanol–water partition coefficient (Wildman–Crippen LogP) is 4.59. The summed E-state index contributed by atoms with van der Waals surface area (Å²) >= 11 is 7.42. The molecule has 0 aliphatic rings. The van der Waals surface area contributed by atoms with Gasteiger partial charge in [0.2, 0.25) is 11.8 Å². The standard InChI is InChI=1S/C22H23ClN4O2S/c1-14-8-9-15(2)16(10-14)19-13-30-22(25-19)26-21(29)12-27(3)11-20(28)24-18-7-5-4-6-17(18)23/h4-10,13H,11-12H2,1-3H3,(H,24,28)(H,25,26,29). The summed E-state index contributed by atoms with van der Waals surface area (Å²) in [5.74, 6) is -0.477. The van der Waals surface area contributed by atoms with Crippen molar-refractivity contribution < 1.29 is 9.59 Å². The number of thiazole rings is 1. The summed E-state index contributed by atoms with van der Waals surface area (Å²) in [7, 11) is 1.70. The Hall–Kier alpha value is -2.74. The van der Waals surface area contributed by atoms with Crippen LogP contribution in [0.15, 0.2) is 47.8 Å². The third kappa shape index (κ3) is 5.89. The van der Waals surface area contributed by atoms with E-state index in [4.69, 9.17) is 11.6 Å². The number of anilines is 2. The van der Waals surface area contributed by atoms with E-state index in [1.54, 1.807) is 36.2 Å². The summed E-state index contributed by atoms with van der Waals surface area (Å²) in [6.45, 7) is 4.20. The Balaban J connectivity index is 1.53. The number of aryl methyl sites for hydroxylation is 2. The average molecular weight is 443 g/mol. The summed E-state index contributed by atoms with van der Waals surface area (Å²) in [6.07, 6.45) is 0. The molecule has 0 bridgehead atoms. The van der Waals surface area contributed by atoms with Gasteiger partial charge in [-0.15, -0.1) is 11.3 Å². The van der Waals surface area contributed by atoms with E-state index in [-0.39, 0.29) is 24.9 Å². The minimum absolute atomic E-state index is 0.0598. The van der Waals surface area contributed by atoms with Crippen molar-refractivity contribution in [3.8, 4) is 11.3 Å². The van der Waals surface area contributed by atoms with Gasteiger partial charge in [-0.25, -0.2) is 4.98 Å². The Morgan fingerprint density at radius 1 is 1.07 bits per heavy atom. The van der Waals surface area contributed by atoms with E-state index < -0.39 is 0 Å². The Morgan fingerprint density at radius 2 is 1.77 bits per heavy atom. The van der Waals surface area contributed by atoms with Crippen molar-refractivity contribution in [1.29, 1.82) is 0 Å². The van der Waals surface area contributed by atoms with Crippen molar-refractivity contribution >= 4 is 45.6 Å². The molecule has 0 radical (unpaired) electrons. The molecule has 0 saturated carbocycles. The van der Waals surface area contributed by atoms with Crippen LogP contribution in [-0.2, 0) is 9.59 Å². The van der Waals surface area contributed by atoms with Crippen LogP contribution < -0.4 is 10.6 Å². The topological polar surface area (TPSA) is 74.3 Å². The van der Waals surface area contributed by atoms with Gasteiger partial charge in [0.1, 0.15) is 0 Å². The molecule has 1 heterocycles. The maximum Gasteiger partial charge on any atom is 0.240 e. The molecule has 3 rings (SSSR count). The second-order valence-corrected chi connectivity index (χ2v) is 8.37. The molecule has 156 valence electrons. The molecule has 0 aliphatic carbocycles. The molecule has 6 nitrogen and oxygen atoms in total. The van der Waals surface area contributed by atoms with Gasteiger partial charge in [-0.3, -0.25) is 14.5 Å². The first-order valence-electron chi connectivity index (χ1n) is 9.38. The summed E-state index contributed by atoms with van der Waals surface area (Å²) < 4.78 is 0. The average Bonchev–Trinajstić information content (AvgIpc) is 3.13. The Labute approximate surface area is 184 Å². The lowest BCUT2D eigenvalue weighted by molar-refractivity contribution is -0.119. The van der Waals surface area contributed by atoms with E-state index in [9.17, 15) is 9.59 Å². The maximum absolute atomic E-state index is 12.3. The first kappa shape index (κ1) is 22.0. The number of amides is 2. The van der Waals surface area contributed by atoms with Crippen molar-refractivity contribution in [2.75, 3.05) is 30.8 Å². The largest absolute Gasteiger partial charge is 0.324 e. The molecule has 1 aromatic heterocycles. The van der Waals surface area contributed by atoms with Gasteiger partial charge in [0.25, 0.3) is 0 Å². The quantitative estimate of drug-likeness (QED) is 0.561. The number of nitrogens with zero attached hydrogens (tertiary/aromatic N) is 2. The lowest BCUT2D eigenvalue weighted by Gasteiger charge is -2.15. The van der Waals surface area contributed by atoms with Crippen LogP contribution in [0.4, 0.5) is 10.8 Å². The highest BCUT2D eigenvalue weighted by molar-refractivity contribution is 7.14. The van der Waals surface area contributed by atoms with Gasteiger partial charge in [0, 0.05) is 10.9 Å². The molecule has 2 aromatic carbocycles. The van der Waals surface area contributed by atoms with Gasteiger partial charge in [0.05, 0.1) is 29.5 Å². The Morgan fingerprint density at radius 3 is 2.50 bits per heavy atom. The molecule has 3 aromatic rings. The first-order valence-corrected chi connectivity index (χ1v) is 10.6. The number of nitrogens with one attached hydrogen (secondary N) is 2. The van der Waals surface area contributed by atoms with Gasteiger partial charge in [-0.1, -0.05) is 41.4 Å². The maximum atomic E-state index is 12.3. The summed E-state index contributed by atoms with van der Waals surface area (Å²) in [5, 5.41) is 8.47. The van der Waals surface area contributed by atoms with Gasteiger partial charge < -0.3 is 10.6 Å². The molecule has 0 fully saturated rings. The second-order valence-electron chi connectivity index (χ2n) is 7.10. The lowest BCUT2D eigenvalue weighted by Crippen LogP contribution is -2.36. The number of para-hydroxylation sites is 1. The highest BCUT2D eigenvalue weighted by Gasteiger charge is 2.14. The highest BCUT2D eigenvalue weighted by atomic mass is 35.5. The zero-order valence-corrected chi connectivity index (χ0v) is 18.6. The van der Waals surface area contributed by atoms with Gasteiger partial charge in [0.15, 0.2) is 5.13 Å². The number of aromatic nitrogens is 1. The SMILES string of the molecule is Cc1ccc(C)c(-c2csc(NC(=O)CN(C)CC(=O)Nc3ccccc3Cl)n2)c1. The van der Waals surface area contributed by atoms with E-state index >= 15 is 0 Å².